The van der Waals surface area contributed by atoms with Crippen LogP contribution in [0.5, 0.6) is 0 Å². The van der Waals surface area contributed by atoms with Crippen LogP contribution in [0.4, 0.5) is 0 Å². The van der Waals surface area contributed by atoms with Gasteiger partial charge < -0.3 is 15.2 Å². The first-order valence-corrected chi connectivity index (χ1v) is 6.73. The molecule has 16 heavy (non-hydrogen) atoms. The molecule has 2 bridgehead atoms. The number of aliphatic hydroxyl groups is 1. The van der Waals surface area contributed by atoms with Crippen LogP contribution in [-0.2, 0) is 4.74 Å². The van der Waals surface area contributed by atoms with Crippen molar-refractivity contribution in [3.63, 3.8) is 0 Å². The molecule has 0 spiro atoms. The smallest absolute Gasteiger partial charge is 0.0680 e. The summed E-state index contributed by atoms with van der Waals surface area (Å²) < 4.78 is 5.44. The summed E-state index contributed by atoms with van der Waals surface area (Å²) in [6.07, 6.45) is 5.70. The zero-order valence-corrected chi connectivity index (χ0v) is 10.1. The van der Waals surface area contributed by atoms with Gasteiger partial charge in [0, 0.05) is 31.2 Å². The number of hydrogen-bond donors (Lipinski definition) is 2. The molecule has 3 aliphatic heterocycles. The maximum absolute atomic E-state index is 10.7. The molecule has 3 heteroatoms. The summed E-state index contributed by atoms with van der Waals surface area (Å²) in [6, 6.07) is 1.12. The van der Waals surface area contributed by atoms with Crippen molar-refractivity contribution in [1.82, 2.24) is 5.32 Å². The van der Waals surface area contributed by atoms with Crippen LogP contribution in [0.2, 0.25) is 0 Å². The predicted octanol–water partition coefficient (Wildman–Crippen LogP) is 1.30. The van der Waals surface area contributed by atoms with Gasteiger partial charge in [0.1, 0.15) is 0 Å². The van der Waals surface area contributed by atoms with E-state index in [1.54, 1.807) is 0 Å². The minimum atomic E-state index is -0.459. The highest BCUT2D eigenvalue weighted by Crippen LogP contribution is 2.44. The standard InChI is InChI=1S/C13H23NO2/c1-13(15)8-10-2-3-11(14-10)12(13)9-4-6-16-7-5-9/h9-12,14-15H,2-8H2,1H3. The van der Waals surface area contributed by atoms with E-state index in [0.717, 1.165) is 32.5 Å². The summed E-state index contributed by atoms with van der Waals surface area (Å²) in [5, 5.41) is 14.4. The molecule has 3 saturated heterocycles. The molecule has 3 rings (SSSR count). The van der Waals surface area contributed by atoms with Crippen LogP contribution >= 0.6 is 0 Å². The Morgan fingerprint density at radius 2 is 1.94 bits per heavy atom. The molecule has 0 amide bonds. The average Bonchev–Trinajstić information content (AvgIpc) is 2.62. The molecule has 3 fully saturated rings. The lowest BCUT2D eigenvalue weighted by Gasteiger charge is -2.47. The molecule has 0 aromatic heterocycles. The number of nitrogens with one attached hydrogen (secondary N) is 1. The van der Waals surface area contributed by atoms with Crippen LogP contribution in [0.3, 0.4) is 0 Å². The molecule has 0 aromatic carbocycles. The molecule has 0 radical (unpaired) electrons. The summed E-state index contributed by atoms with van der Waals surface area (Å²) in [4.78, 5) is 0. The van der Waals surface area contributed by atoms with E-state index < -0.39 is 5.60 Å². The van der Waals surface area contributed by atoms with Crippen molar-refractivity contribution in [1.29, 1.82) is 0 Å². The lowest BCUT2D eigenvalue weighted by Crippen LogP contribution is -2.57. The Labute approximate surface area is 97.6 Å². The summed E-state index contributed by atoms with van der Waals surface area (Å²) in [7, 11) is 0. The van der Waals surface area contributed by atoms with E-state index in [4.69, 9.17) is 4.74 Å². The van der Waals surface area contributed by atoms with Crippen molar-refractivity contribution in [2.45, 2.75) is 56.7 Å². The monoisotopic (exact) mass is 225 g/mol. The molecule has 4 unspecified atom stereocenters. The lowest BCUT2D eigenvalue weighted by atomic mass is 9.69. The van der Waals surface area contributed by atoms with Crippen molar-refractivity contribution in [2.75, 3.05) is 13.2 Å². The van der Waals surface area contributed by atoms with E-state index in [1.807, 2.05) is 0 Å². The fraction of sp³-hybridized carbons (Fsp3) is 1.00. The van der Waals surface area contributed by atoms with E-state index in [2.05, 4.69) is 12.2 Å². The van der Waals surface area contributed by atoms with Crippen molar-refractivity contribution in [2.24, 2.45) is 11.8 Å². The zero-order chi connectivity index (χ0) is 11.2. The van der Waals surface area contributed by atoms with Crippen molar-refractivity contribution < 1.29 is 9.84 Å². The highest BCUT2D eigenvalue weighted by Gasteiger charge is 2.50. The Morgan fingerprint density at radius 1 is 1.19 bits per heavy atom. The SMILES string of the molecule is CC1(O)CC2CCC(N2)C1C1CCOCC1. The second kappa shape index (κ2) is 3.97. The van der Waals surface area contributed by atoms with Gasteiger partial charge in [-0.2, -0.15) is 0 Å². The van der Waals surface area contributed by atoms with Crippen LogP contribution < -0.4 is 5.32 Å². The Hall–Kier alpha value is -0.120. The molecule has 0 saturated carbocycles. The van der Waals surface area contributed by atoms with Gasteiger partial charge in [-0.1, -0.05) is 0 Å². The van der Waals surface area contributed by atoms with E-state index in [-0.39, 0.29) is 0 Å². The normalized spacial score (nSPS) is 49.5. The van der Waals surface area contributed by atoms with E-state index >= 15 is 0 Å². The Bertz CT molecular complexity index is 261. The van der Waals surface area contributed by atoms with Gasteiger partial charge in [-0.3, -0.25) is 0 Å². The molecule has 0 aromatic rings. The van der Waals surface area contributed by atoms with Crippen LogP contribution in [0.1, 0.15) is 39.0 Å². The first-order valence-electron chi connectivity index (χ1n) is 6.73. The van der Waals surface area contributed by atoms with E-state index in [0.29, 0.717) is 23.9 Å². The number of rotatable bonds is 1. The van der Waals surface area contributed by atoms with Crippen molar-refractivity contribution >= 4 is 0 Å². The van der Waals surface area contributed by atoms with E-state index in [1.165, 1.54) is 12.8 Å². The molecule has 3 aliphatic rings. The van der Waals surface area contributed by atoms with Crippen LogP contribution in [-0.4, -0.2) is 36.0 Å². The number of hydrogen-bond acceptors (Lipinski definition) is 3. The maximum Gasteiger partial charge on any atom is 0.0680 e. The molecule has 3 nitrogen and oxygen atoms in total. The van der Waals surface area contributed by atoms with Gasteiger partial charge in [-0.15, -0.1) is 0 Å². The lowest BCUT2D eigenvalue weighted by molar-refractivity contribution is -0.0880. The van der Waals surface area contributed by atoms with Gasteiger partial charge in [-0.05, 0) is 44.9 Å². The highest BCUT2D eigenvalue weighted by molar-refractivity contribution is 5.05. The minimum absolute atomic E-state index is 0.440. The zero-order valence-electron chi connectivity index (χ0n) is 10.1. The summed E-state index contributed by atoms with van der Waals surface area (Å²) >= 11 is 0. The second-order valence-electron chi connectivity index (χ2n) is 6.08. The van der Waals surface area contributed by atoms with Gasteiger partial charge in [0.15, 0.2) is 0 Å². The Morgan fingerprint density at radius 3 is 2.69 bits per heavy atom. The largest absolute Gasteiger partial charge is 0.390 e. The van der Waals surface area contributed by atoms with Gasteiger partial charge in [-0.25, -0.2) is 0 Å². The van der Waals surface area contributed by atoms with Gasteiger partial charge in [0.25, 0.3) is 0 Å². The number of piperidine rings is 1. The number of fused-ring (bicyclic) bond motifs is 2. The third kappa shape index (κ3) is 1.79. The molecular formula is C13H23NO2. The molecule has 4 atom stereocenters. The molecular weight excluding hydrogens is 202 g/mol. The van der Waals surface area contributed by atoms with E-state index in [9.17, 15) is 5.11 Å². The Balaban J connectivity index is 1.79. The predicted molar refractivity (Wildman–Crippen MR) is 62.2 cm³/mol. The summed E-state index contributed by atoms with van der Waals surface area (Å²) in [6.45, 7) is 3.82. The van der Waals surface area contributed by atoms with Crippen LogP contribution in [0.25, 0.3) is 0 Å². The molecule has 2 N–H and O–H groups in total. The summed E-state index contributed by atoms with van der Waals surface area (Å²) in [5.74, 6) is 1.09. The van der Waals surface area contributed by atoms with Crippen molar-refractivity contribution in [3.05, 3.63) is 0 Å². The second-order valence-corrected chi connectivity index (χ2v) is 6.08. The third-order valence-corrected chi connectivity index (χ3v) is 4.86. The fourth-order valence-corrected chi connectivity index (χ4v) is 4.27. The van der Waals surface area contributed by atoms with Crippen molar-refractivity contribution in [3.8, 4) is 0 Å². The molecule has 92 valence electrons. The Kier molecular flexibility index (Phi) is 2.73. The van der Waals surface area contributed by atoms with Crippen LogP contribution in [0, 0.1) is 11.8 Å². The topological polar surface area (TPSA) is 41.5 Å². The summed E-state index contributed by atoms with van der Waals surface area (Å²) in [5.41, 5.74) is -0.459. The van der Waals surface area contributed by atoms with Gasteiger partial charge >= 0.3 is 0 Å². The average molecular weight is 225 g/mol. The van der Waals surface area contributed by atoms with Gasteiger partial charge in [0.05, 0.1) is 5.60 Å². The highest BCUT2D eigenvalue weighted by atomic mass is 16.5. The minimum Gasteiger partial charge on any atom is -0.390 e. The third-order valence-electron chi connectivity index (χ3n) is 4.86. The van der Waals surface area contributed by atoms with Crippen LogP contribution in [0.15, 0.2) is 0 Å². The quantitative estimate of drug-likeness (QED) is 0.707. The first kappa shape index (κ1) is 11.0. The molecule has 3 heterocycles. The molecule has 0 aliphatic carbocycles. The number of ether oxygens (including phenoxy) is 1. The van der Waals surface area contributed by atoms with Gasteiger partial charge in [0.2, 0.25) is 0 Å². The maximum atomic E-state index is 10.7. The fourth-order valence-electron chi connectivity index (χ4n) is 4.27. The first-order chi connectivity index (χ1) is 7.67.